The van der Waals surface area contributed by atoms with Crippen LogP contribution in [0.4, 0.5) is 10.2 Å². The summed E-state index contributed by atoms with van der Waals surface area (Å²) in [5, 5.41) is 0.531. The summed E-state index contributed by atoms with van der Waals surface area (Å²) in [5.74, 6) is -0.673. The van der Waals surface area contributed by atoms with Crippen molar-refractivity contribution >= 4 is 40.4 Å². The largest absolute Gasteiger partial charge is 0.355 e. The van der Waals surface area contributed by atoms with Gasteiger partial charge in [-0.1, -0.05) is 63.7 Å². The number of hydrogen-bond donors (Lipinski definition) is 0. The van der Waals surface area contributed by atoms with Crippen molar-refractivity contribution in [2.24, 2.45) is 0 Å². The second-order valence-corrected chi connectivity index (χ2v) is 11.6. The normalized spacial score (nSPS) is 18.9. The van der Waals surface area contributed by atoms with Crippen molar-refractivity contribution in [2.75, 3.05) is 18.0 Å². The third kappa shape index (κ3) is 5.30. The molecule has 2 atom stereocenters. The van der Waals surface area contributed by atoms with Gasteiger partial charge in [0.05, 0.1) is 28.9 Å². The molecule has 44 heavy (non-hydrogen) atoms. The summed E-state index contributed by atoms with van der Waals surface area (Å²) in [6.45, 7) is 17.2. The van der Waals surface area contributed by atoms with Crippen LogP contribution >= 0.6 is 11.6 Å². The van der Waals surface area contributed by atoms with Crippen LogP contribution in [0.5, 0.6) is 0 Å². The number of carbonyl (C=O) groups excluding carboxylic acids is 1. The smallest absolute Gasteiger partial charge is 0.347 e. The first-order valence-corrected chi connectivity index (χ1v) is 15.0. The maximum atomic E-state index is 15.4. The molecule has 4 heterocycles. The topological polar surface area (TPSA) is 84.2 Å². The first kappa shape index (κ1) is 29.7. The average molecular weight is 616 g/mol. The van der Waals surface area contributed by atoms with Gasteiger partial charge in [0.2, 0.25) is 5.91 Å². The van der Waals surface area contributed by atoms with Gasteiger partial charge in [-0.15, -0.1) is 0 Å². The monoisotopic (exact) mass is 615 g/mol. The number of carbonyl (C=O) groups is 1. The maximum Gasteiger partial charge on any atom is 0.355 e. The molecule has 0 spiro atoms. The molecule has 5 rings (SSSR count). The molecule has 1 aromatic carbocycles. The van der Waals surface area contributed by atoms with Gasteiger partial charge in [-0.3, -0.25) is 9.78 Å². The molecule has 0 unspecified atom stereocenters. The number of benzene rings is 1. The number of pyridine rings is 2. The van der Waals surface area contributed by atoms with Gasteiger partial charge in [0, 0.05) is 36.9 Å². The van der Waals surface area contributed by atoms with Crippen molar-refractivity contribution in [1.29, 1.82) is 0 Å². The summed E-state index contributed by atoms with van der Waals surface area (Å²) in [5.41, 5.74) is 2.44. The number of halogens is 2. The molecule has 0 bridgehead atoms. The van der Waals surface area contributed by atoms with E-state index in [1.54, 1.807) is 41.1 Å². The molecule has 8 nitrogen and oxygen atoms in total. The molecule has 0 saturated carbocycles. The highest BCUT2D eigenvalue weighted by molar-refractivity contribution is 6.34. The molecule has 10 heteroatoms. The maximum absolute atomic E-state index is 15.4. The van der Waals surface area contributed by atoms with Crippen LogP contribution in [-0.4, -0.2) is 55.5 Å². The molecule has 0 radical (unpaired) electrons. The fourth-order valence-corrected chi connectivity index (χ4v) is 6.23. The molecule has 1 amide bonds. The summed E-state index contributed by atoms with van der Waals surface area (Å²) in [6.07, 6.45) is 5.07. The Balaban J connectivity index is 1.91. The molecule has 228 valence electrons. The van der Waals surface area contributed by atoms with Crippen molar-refractivity contribution in [3.8, 4) is 16.9 Å². The van der Waals surface area contributed by atoms with Crippen LogP contribution in [0.15, 0.2) is 60.6 Å². The van der Waals surface area contributed by atoms with E-state index in [-0.39, 0.29) is 52.7 Å². The molecule has 1 aliphatic heterocycles. The third-order valence-electron chi connectivity index (χ3n) is 7.96. The fourth-order valence-electron chi connectivity index (χ4n) is 5.99. The van der Waals surface area contributed by atoms with E-state index in [9.17, 15) is 11.0 Å². The lowest BCUT2D eigenvalue weighted by Gasteiger charge is -2.45. The van der Waals surface area contributed by atoms with Crippen LogP contribution in [0.25, 0.3) is 34.1 Å². The van der Waals surface area contributed by atoms with E-state index in [4.69, 9.17) is 16.6 Å². The minimum atomic E-state index is -1.38. The molecule has 1 fully saturated rings. The van der Waals surface area contributed by atoms with Crippen LogP contribution in [-0.2, 0) is 11.2 Å². The van der Waals surface area contributed by atoms with E-state index in [1.807, 2.05) is 33.8 Å². The Labute approximate surface area is 262 Å². The molecule has 1 saturated heterocycles. The first-order valence-electron chi connectivity index (χ1n) is 15.1. The van der Waals surface area contributed by atoms with Crippen LogP contribution in [0.1, 0.15) is 58.7 Å². The highest BCUT2D eigenvalue weighted by Crippen LogP contribution is 2.38. The molecular formula is C34H36ClFN6O2. The summed E-state index contributed by atoms with van der Waals surface area (Å²) >= 11 is 6.90. The molecular weight excluding hydrogens is 579 g/mol. The highest BCUT2D eigenvalue weighted by atomic mass is 35.5. The average Bonchev–Trinajstić information content (AvgIpc) is 2.99. The zero-order chi connectivity index (χ0) is 32.8. The number of aryl methyl sites for hydroxylation is 1. The number of aromatic nitrogens is 4. The van der Waals surface area contributed by atoms with Gasteiger partial charge in [0.1, 0.15) is 11.6 Å². The second kappa shape index (κ2) is 12.3. The number of anilines is 1. The van der Waals surface area contributed by atoms with Crippen LogP contribution in [0.2, 0.25) is 5.02 Å². The Morgan fingerprint density at radius 3 is 2.61 bits per heavy atom. The second-order valence-electron chi connectivity index (χ2n) is 11.2. The lowest BCUT2D eigenvalue weighted by atomic mass is 10.0. The van der Waals surface area contributed by atoms with E-state index < -0.39 is 23.6 Å². The van der Waals surface area contributed by atoms with Crippen molar-refractivity contribution in [2.45, 2.75) is 59.0 Å². The van der Waals surface area contributed by atoms with Gasteiger partial charge in [0.25, 0.3) is 0 Å². The van der Waals surface area contributed by atoms with E-state index >= 15 is 4.39 Å². The number of rotatable bonds is 7. The van der Waals surface area contributed by atoms with Gasteiger partial charge in [-0.2, -0.15) is 4.98 Å². The van der Waals surface area contributed by atoms with Gasteiger partial charge in [-0.25, -0.2) is 18.7 Å². The van der Waals surface area contributed by atoms with Crippen molar-refractivity contribution in [3.63, 3.8) is 0 Å². The summed E-state index contributed by atoms with van der Waals surface area (Å²) in [7, 11) is 0. The Hall–Kier alpha value is -4.37. The SMILES string of the molecule is [2H][C@]1(C)CN(C(=O)C=C)C[C@H](C)N1c1nc(=O)n(-c2c(CC)ccnc2C(C)C)c2nc(-c3c(F)cccc3C=C)c(Cl)cc12. The van der Waals surface area contributed by atoms with Gasteiger partial charge >= 0.3 is 5.69 Å². The predicted octanol–water partition coefficient (Wildman–Crippen LogP) is 6.58. The van der Waals surface area contributed by atoms with E-state index in [2.05, 4.69) is 23.1 Å². The summed E-state index contributed by atoms with van der Waals surface area (Å²) in [4.78, 5) is 44.2. The fraction of sp³-hybridized carbons (Fsp3) is 0.324. The Morgan fingerprint density at radius 1 is 1.23 bits per heavy atom. The Bertz CT molecular complexity index is 1910. The van der Waals surface area contributed by atoms with E-state index in [1.165, 1.54) is 22.8 Å². The zero-order valence-electron chi connectivity index (χ0n) is 26.6. The molecule has 1 aliphatic rings. The lowest BCUT2D eigenvalue weighted by Crippen LogP contribution is -2.58. The minimum Gasteiger partial charge on any atom is -0.347 e. The molecule has 3 aromatic heterocycles. The van der Waals surface area contributed by atoms with Crippen molar-refractivity contribution < 1.29 is 10.6 Å². The number of piperazine rings is 1. The Morgan fingerprint density at radius 2 is 1.98 bits per heavy atom. The summed E-state index contributed by atoms with van der Waals surface area (Å²) in [6, 6.07) is 6.29. The number of nitrogens with zero attached hydrogens (tertiary/aromatic N) is 6. The Kier molecular flexibility index (Phi) is 8.31. The van der Waals surface area contributed by atoms with Crippen molar-refractivity contribution in [1.82, 2.24) is 24.4 Å². The van der Waals surface area contributed by atoms with Gasteiger partial charge in [-0.05, 0) is 61.6 Å². The van der Waals surface area contributed by atoms with Crippen molar-refractivity contribution in [3.05, 3.63) is 93.9 Å². The standard InChI is InChI=1S/C34H36ClFN6O2/c1-8-22-12-11-13-26(36)28(22)30-25(35)16-24-32(38-30)42(31-23(9-2)14-15-37-29(31)19(4)5)34(44)39-33(24)41-20(6)17-40(18-21(41)7)27(43)10-3/h8,10-16,19-21H,1,3,9,17-18H2,2,4-7H3/t20-,21-/m0/s1/i20D. The number of fused-ring (bicyclic) bond motifs is 1. The van der Waals surface area contributed by atoms with E-state index in [0.717, 1.165) is 5.56 Å². The van der Waals surface area contributed by atoms with Gasteiger partial charge < -0.3 is 9.80 Å². The van der Waals surface area contributed by atoms with Crippen LogP contribution in [0, 0.1) is 5.82 Å². The first-order chi connectivity index (χ1) is 21.3. The van der Waals surface area contributed by atoms with Gasteiger partial charge in [0.15, 0.2) is 5.65 Å². The van der Waals surface area contributed by atoms with Crippen LogP contribution < -0.4 is 10.6 Å². The molecule has 0 N–H and O–H groups in total. The number of hydrogen-bond acceptors (Lipinski definition) is 6. The molecule has 4 aromatic rings. The van der Waals surface area contributed by atoms with E-state index in [0.29, 0.717) is 28.8 Å². The molecule has 0 aliphatic carbocycles. The predicted molar refractivity (Wildman–Crippen MR) is 175 cm³/mol. The zero-order valence-corrected chi connectivity index (χ0v) is 26.3. The number of amides is 1. The van der Waals surface area contributed by atoms with Crippen LogP contribution in [0.3, 0.4) is 0 Å². The minimum absolute atomic E-state index is 0.0473. The lowest BCUT2D eigenvalue weighted by molar-refractivity contribution is -0.127. The third-order valence-corrected chi connectivity index (χ3v) is 8.25. The quantitative estimate of drug-likeness (QED) is 0.219. The summed E-state index contributed by atoms with van der Waals surface area (Å²) < 4.78 is 26.2. The highest BCUT2D eigenvalue weighted by Gasteiger charge is 2.34.